The van der Waals surface area contributed by atoms with Crippen LogP contribution < -0.4 is 5.43 Å². The minimum atomic E-state index is -0.609. The van der Waals surface area contributed by atoms with Crippen LogP contribution >= 0.6 is 0 Å². The van der Waals surface area contributed by atoms with Gasteiger partial charge in [0.1, 0.15) is 5.75 Å². The highest BCUT2D eigenvalue weighted by Gasteiger charge is 2.21. The molecule has 0 bridgehead atoms. The number of aryl methyl sites for hydroxylation is 1. The third-order valence-electron chi connectivity index (χ3n) is 3.12. The van der Waals surface area contributed by atoms with Gasteiger partial charge in [-0.1, -0.05) is 6.07 Å². The summed E-state index contributed by atoms with van der Waals surface area (Å²) in [7, 11) is 1.28. The van der Waals surface area contributed by atoms with Gasteiger partial charge in [0.25, 0.3) is 0 Å². The van der Waals surface area contributed by atoms with Crippen molar-refractivity contribution < 1.29 is 14.6 Å². The van der Waals surface area contributed by atoms with Gasteiger partial charge in [0.15, 0.2) is 0 Å². The second-order valence-corrected chi connectivity index (χ2v) is 4.27. The molecule has 0 heterocycles. The first kappa shape index (κ1) is 12.4. The van der Waals surface area contributed by atoms with Crippen LogP contribution in [0.25, 0.3) is 0 Å². The van der Waals surface area contributed by atoms with Crippen molar-refractivity contribution in [3.63, 3.8) is 0 Å². The molecule has 1 aliphatic rings. The number of methoxy groups -OCH3 is 1. The van der Waals surface area contributed by atoms with Crippen LogP contribution in [0, 0.1) is 6.92 Å². The van der Waals surface area contributed by atoms with Crippen molar-refractivity contribution in [2.24, 2.45) is 5.10 Å². The molecule has 0 unspecified atom stereocenters. The van der Waals surface area contributed by atoms with Crippen molar-refractivity contribution in [2.75, 3.05) is 7.11 Å². The van der Waals surface area contributed by atoms with E-state index in [2.05, 4.69) is 15.3 Å². The fourth-order valence-electron chi connectivity index (χ4n) is 2.21. The highest BCUT2D eigenvalue weighted by molar-refractivity contribution is 6.05. The van der Waals surface area contributed by atoms with Gasteiger partial charge in [-0.05, 0) is 43.4 Å². The quantitative estimate of drug-likeness (QED) is 0.748. The smallest absolute Gasteiger partial charge is 0.427 e. The van der Waals surface area contributed by atoms with E-state index in [1.165, 1.54) is 7.11 Å². The molecule has 0 spiro atoms. The number of nitrogens with one attached hydrogen (secondary N) is 1. The van der Waals surface area contributed by atoms with Gasteiger partial charge in [0.05, 0.1) is 12.8 Å². The van der Waals surface area contributed by atoms with Crippen LogP contribution in [0.2, 0.25) is 0 Å². The van der Waals surface area contributed by atoms with Crippen molar-refractivity contribution >= 4 is 11.8 Å². The number of aromatic hydroxyl groups is 1. The predicted octanol–water partition coefficient (Wildman–Crippen LogP) is 2.10. The van der Waals surface area contributed by atoms with Gasteiger partial charge in [-0.15, -0.1) is 0 Å². The predicted molar refractivity (Wildman–Crippen MR) is 67.9 cm³/mol. The molecule has 0 atom stereocenters. The number of phenolic OH excluding ortho intramolecular Hbond substituents is 1. The van der Waals surface area contributed by atoms with E-state index in [0.29, 0.717) is 5.71 Å². The number of benzene rings is 1. The zero-order valence-corrected chi connectivity index (χ0v) is 10.5. The Labute approximate surface area is 105 Å². The lowest BCUT2D eigenvalue weighted by atomic mass is 9.86. The van der Waals surface area contributed by atoms with Crippen molar-refractivity contribution in [2.45, 2.75) is 26.2 Å². The summed E-state index contributed by atoms with van der Waals surface area (Å²) >= 11 is 0. The molecule has 0 radical (unpaired) electrons. The Morgan fingerprint density at radius 3 is 2.94 bits per heavy atom. The standard InChI is InChI=1S/C13H16N2O3/c1-8-6-7-11(16)12-9(8)4-3-5-10(12)14-15-13(17)18-2/h6-7,16H,3-5H2,1-2H3,(H,15,17)/b14-10+. The largest absolute Gasteiger partial charge is 0.507 e. The molecule has 0 aromatic heterocycles. The molecule has 5 heteroatoms. The Morgan fingerprint density at radius 1 is 1.44 bits per heavy atom. The molecular formula is C13H16N2O3. The number of hydrazone groups is 1. The van der Waals surface area contributed by atoms with Gasteiger partial charge < -0.3 is 9.84 Å². The maximum Gasteiger partial charge on any atom is 0.427 e. The normalized spacial score (nSPS) is 16.2. The minimum Gasteiger partial charge on any atom is -0.507 e. The van der Waals surface area contributed by atoms with E-state index in [-0.39, 0.29) is 5.75 Å². The van der Waals surface area contributed by atoms with Crippen LogP contribution in [0.4, 0.5) is 4.79 Å². The topological polar surface area (TPSA) is 70.9 Å². The lowest BCUT2D eigenvalue weighted by molar-refractivity contribution is 0.171. The summed E-state index contributed by atoms with van der Waals surface area (Å²) in [6.07, 6.45) is 2.00. The third kappa shape index (κ3) is 2.30. The fourth-order valence-corrected chi connectivity index (χ4v) is 2.21. The second-order valence-electron chi connectivity index (χ2n) is 4.27. The Balaban J connectivity index is 2.38. The van der Waals surface area contributed by atoms with E-state index in [9.17, 15) is 9.90 Å². The highest BCUT2D eigenvalue weighted by Crippen LogP contribution is 2.31. The number of fused-ring (bicyclic) bond motifs is 1. The number of phenols is 1. The second kappa shape index (κ2) is 5.08. The van der Waals surface area contributed by atoms with Crippen molar-refractivity contribution in [3.8, 4) is 5.75 Å². The monoisotopic (exact) mass is 248 g/mol. The Kier molecular flexibility index (Phi) is 3.50. The summed E-state index contributed by atoms with van der Waals surface area (Å²) in [5, 5.41) is 14.0. The van der Waals surface area contributed by atoms with Gasteiger partial charge in [-0.25, -0.2) is 10.2 Å². The van der Waals surface area contributed by atoms with Gasteiger partial charge in [-0.2, -0.15) is 5.10 Å². The van der Waals surface area contributed by atoms with E-state index < -0.39 is 6.09 Å². The molecule has 18 heavy (non-hydrogen) atoms. The SMILES string of the molecule is COC(=O)N/N=C1\CCCc2c(C)ccc(O)c21. The average molecular weight is 248 g/mol. The van der Waals surface area contributed by atoms with E-state index in [4.69, 9.17) is 0 Å². The van der Waals surface area contributed by atoms with Crippen LogP contribution in [0.5, 0.6) is 5.75 Å². The molecule has 2 N–H and O–H groups in total. The third-order valence-corrected chi connectivity index (χ3v) is 3.12. The number of nitrogens with zero attached hydrogens (tertiary/aromatic N) is 1. The molecule has 0 saturated carbocycles. The molecule has 0 aliphatic heterocycles. The molecule has 1 aromatic carbocycles. The zero-order valence-electron chi connectivity index (χ0n) is 10.5. The number of carbonyl (C=O) groups is 1. The Morgan fingerprint density at radius 2 is 2.22 bits per heavy atom. The number of hydrogen-bond acceptors (Lipinski definition) is 4. The summed E-state index contributed by atoms with van der Waals surface area (Å²) < 4.78 is 4.46. The summed E-state index contributed by atoms with van der Waals surface area (Å²) in [6, 6.07) is 3.55. The summed E-state index contributed by atoms with van der Waals surface area (Å²) in [4.78, 5) is 11.0. The molecule has 1 amide bonds. The first-order valence-corrected chi connectivity index (χ1v) is 5.86. The lowest BCUT2D eigenvalue weighted by Crippen LogP contribution is -2.22. The molecule has 1 aliphatic carbocycles. The van der Waals surface area contributed by atoms with E-state index in [0.717, 1.165) is 36.0 Å². The van der Waals surface area contributed by atoms with Gasteiger partial charge in [0.2, 0.25) is 0 Å². The number of amides is 1. The van der Waals surface area contributed by atoms with Gasteiger partial charge >= 0.3 is 6.09 Å². The summed E-state index contributed by atoms with van der Waals surface area (Å²) in [5.41, 5.74) is 5.99. The molecule has 5 nitrogen and oxygen atoms in total. The Hall–Kier alpha value is -2.04. The molecule has 96 valence electrons. The maximum atomic E-state index is 11.0. The van der Waals surface area contributed by atoms with Crippen molar-refractivity contribution in [1.29, 1.82) is 0 Å². The Bertz CT molecular complexity index is 509. The molecule has 1 aromatic rings. The number of rotatable bonds is 1. The first-order chi connectivity index (χ1) is 8.63. The molecular weight excluding hydrogens is 232 g/mol. The zero-order chi connectivity index (χ0) is 13.1. The van der Waals surface area contributed by atoms with E-state index in [1.54, 1.807) is 6.07 Å². The first-order valence-electron chi connectivity index (χ1n) is 5.86. The average Bonchev–Trinajstić information content (AvgIpc) is 2.40. The summed E-state index contributed by atoms with van der Waals surface area (Å²) in [6.45, 7) is 2.01. The molecule has 2 rings (SSSR count). The van der Waals surface area contributed by atoms with Crippen LogP contribution in [0.15, 0.2) is 17.2 Å². The van der Waals surface area contributed by atoms with Crippen LogP contribution in [-0.2, 0) is 11.2 Å². The highest BCUT2D eigenvalue weighted by atomic mass is 16.5. The number of ether oxygens (including phenoxy) is 1. The summed E-state index contributed by atoms with van der Waals surface area (Å²) in [5.74, 6) is 0.209. The van der Waals surface area contributed by atoms with Crippen molar-refractivity contribution in [3.05, 3.63) is 28.8 Å². The van der Waals surface area contributed by atoms with E-state index in [1.807, 2.05) is 13.0 Å². The van der Waals surface area contributed by atoms with Gasteiger partial charge in [0, 0.05) is 5.56 Å². The number of hydrogen-bond donors (Lipinski definition) is 2. The number of carbonyl (C=O) groups excluding carboxylic acids is 1. The van der Waals surface area contributed by atoms with Crippen molar-refractivity contribution in [1.82, 2.24) is 5.43 Å². The minimum absolute atomic E-state index is 0.209. The maximum absolute atomic E-state index is 11.0. The molecule has 0 saturated heterocycles. The van der Waals surface area contributed by atoms with Crippen LogP contribution in [0.1, 0.15) is 29.5 Å². The fraction of sp³-hybridized carbons (Fsp3) is 0.385. The van der Waals surface area contributed by atoms with Crippen LogP contribution in [0.3, 0.4) is 0 Å². The van der Waals surface area contributed by atoms with Gasteiger partial charge in [-0.3, -0.25) is 0 Å². The van der Waals surface area contributed by atoms with Crippen LogP contribution in [-0.4, -0.2) is 24.0 Å². The lowest BCUT2D eigenvalue weighted by Gasteiger charge is -2.20. The molecule has 0 fully saturated rings. The van der Waals surface area contributed by atoms with E-state index >= 15 is 0 Å².